The molecule has 1 saturated carbocycles. The summed E-state index contributed by atoms with van der Waals surface area (Å²) in [6, 6.07) is 7.02. The van der Waals surface area contributed by atoms with Crippen LogP contribution in [-0.4, -0.2) is 11.3 Å². The number of halogens is 1. The first-order valence-electron chi connectivity index (χ1n) is 7.73. The van der Waals surface area contributed by atoms with Crippen LogP contribution in [0.4, 0.5) is 0 Å². The van der Waals surface area contributed by atoms with Crippen LogP contribution in [0, 0.1) is 5.92 Å². The van der Waals surface area contributed by atoms with Crippen molar-refractivity contribution in [1.29, 1.82) is 0 Å². The summed E-state index contributed by atoms with van der Waals surface area (Å²) in [7, 11) is 0. The third kappa shape index (κ3) is 4.98. The van der Waals surface area contributed by atoms with Crippen molar-refractivity contribution in [2.24, 2.45) is 5.92 Å². The molecule has 0 bridgehead atoms. The number of nitrogens with one attached hydrogen (secondary N) is 1. The van der Waals surface area contributed by atoms with Gasteiger partial charge < -0.3 is 5.32 Å². The van der Waals surface area contributed by atoms with E-state index in [1.807, 2.05) is 11.8 Å². The van der Waals surface area contributed by atoms with E-state index >= 15 is 0 Å². The van der Waals surface area contributed by atoms with Crippen LogP contribution in [0.25, 0.3) is 0 Å². The maximum atomic E-state index is 6.45. The lowest BCUT2D eigenvalue weighted by atomic mass is 9.91. The second kappa shape index (κ2) is 7.72. The number of benzene rings is 1. The number of thioether (sulfide) groups is 1. The zero-order valence-corrected chi connectivity index (χ0v) is 14.4. The predicted molar refractivity (Wildman–Crippen MR) is 90.7 cm³/mol. The largest absolute Gasteiger partial charge is 0.310 e. The highest BCUT2D eigenvalue weighted by atomic mass is 35.5. The van der Waals surface area contributed by atoms with E-state index in [4.69, 9.17) is 11.6 Å². The van der Waals surface area contributed by atoms with Gasteiger partial charge >= 0.3 is 0 Å². The minimum atomic E-state index is 0.506. The highest BCUT2D eigenvalue weighted by Gasteiger charge is 2.20. The molecule has 0 radical (unpaired) electrons. The normalized spacial score (nSPS) is 23.2. The first-order chi connectivity index (χ1) is 9.54. The van der Waals surface area contributed by atoms with Crippen LogP contribution in [0.2, 0.25) is 5.02 Å². The van der Waals surface area contributed by atoms with Crippen LogP contribution in [0.3, 0.4) is 0 Å². The summed E-state index contributed by atoms with van der Waals surface area (Å²) >= 11 is 8.43. The lowest BCUT2D eigenvalue weighted by molar-refractivity contribution is 0.394. The Labute approximate surface area is 132 Å². The molecule has 1 aliphatic rings. The Morgan fingerprint density at radius 3 is 2.80 bits per heavy atom. The standard InChI is InChI=1S/C17H26ClNS/c1-12(2)19-11-14-7-8-17(16(18)10-14)20-15-6-4-5-13(3)9-15/h7-8,10,12-13,15,19H,4-6,9,11H2,1-3H3. The van der Waals surface area contributed by atoms with Crippen LogP contribution in [-0.2, 0) is 6.54 Å². The van der Waals surface area contributed by atoms with Crippen LogP contribution in [0.15, 0.2) is 23.1 Å². The van der Waals surface area contributed by atoms with Gasteiger partial charge in [-0.2, -0.15) is 0 Å². The summed E-state index contributed by atoms with van der Waals surface area (Å²) in [4.78, 5) is 1.25. The van der Waals surface area contributed by atoms with E-state index in [-0.39, 0.29) is 0 Å². The van der Waals surface area contributed by atoms with Gasteiger partial charge in [-0.3, -0.25) is 0 Å². The van der Waals surface area contributed by atoms with E-state index in [9.17, 15) is 0 Å². The van der Waals surface area contributed by atoms with Crippen molar-refractivity contribution in [3.63, 3.8) is 0 Å². The SMILES string of the molecule is CC1CCCC(Sc2ccc(CNC(C)C)cc2Cl)C1. The van der Waals surface area contributed by atoms with Crippen molar-refractivity contribution in [2.45, 2.75) is 69.2 Å². The molecule has 2 unspecified atom stereocenters. The molecule has 2 atom stereocenters. The Kier molecular flexibility index (Phi) is 6.25. The molecule has 1 aromatic rings. The van der Waals surface area contributed by atoms with Crippen LogP contribution < -0.4 is 5.32 Å². The third-order valence-electron chi connectivity index (χ3n) is 3.89. The summed E-state index contributed by atoms with van der Waals surface area (Å²) in [6.45, 7) is 7.59. The molecule has 1 N–H and O–H groups in total. The molecule has 0 amide bonds. The number of hydrogen-bond donors (Lipinski definition) is 1. The van der Waals surface area contributed by atoms with Gasteiger partial charge in [0.15, 0.2) is 0 Å². The molecular weight excluding hydrogens is 286 g/mol. The van der Waals surface area contributed by atoms with Gasteiger partial charge in [0.2, 0.25) is 0 Å². The van der Waals surface area contributed by atoms with Crippen molar-refractivity contribution >= 4 is 23.4 Å². The summed E-state index contributed by atoms with van der Waals surface area (Å²) < 4.78 is 0. The average Bonchev–Trinajstić information content (AvgIpc) is 2.39. The Morgan fingerprint density at radius 2 is 2.15 bits per heavy atom. The molecule has 1 aromatic carbocycles. The minimum Gasteiger partial charge on any atom is -0.310 e. The van der Waals surface area contributed by atoms with Gasteiger partial charge in [-0.15, -0.1) is 11.8 Å². The van der Waals surface area contributed by atoms with Gasteiger partial charge in [0.05, 0.1) is 5.02 Å². The molecule has 0 heterocycles. The fourth-order valence-electron chi connectivity index (χ4n) is 2.74. The van der Waals surface area contributed by atoms with Gasteiger partial charge in [0.1, 0.15) is 0 Å². The maximum Gasteiger partial charge on any atom is 0.0545 e. The van der Waals surface area contributed by atoms with E-state index < -0.39 is 0 Å². The van der Waals surface area contributed by atoms with E-state index in [1.165, 1.54) is 36.1 Å². The van der Waals surface area contributed by atoms with Crippen molar-refractivity contribution in [1.82, 2.24) is 5.32 Å². The second-order valence-corrected chi connectivity index (χ2v) is 8.06. The minimum absolute atomic E-state index is 0.506. The Hall–Kier alpha value is -0.180. The summed E-state index contributed by atoms with van der Waals surface area (Å²) in [5.74, 6) is 0.870. The summed E-state index contributed by atoms with van der Waals surface area (Å²) in [5.41, 5.74) is 1.27. The summed E-state index contributed by atoms with van der Waals surface area (Å²) in [5, 5.41) is 5.09. The molecule has 1 nitrogen and oxygen atoms in total. The lowest BCUT2D eigenvalue weighted by Crippen LogP contribution is -2.21. The molecule has 1 fully saturated rings. The monoisotopic (exact) mass is 311 g/mol. The fraction of sp³-hybridized carbons (Fsp3) is 0.647. The summed E-state index contributed by atoms with van der Waals surface area (Å²) in [6.07, 6.45) is 5.43. The molecule has 1 aliphatic carbocycles. The Morgan fingerprint density at radius 1 is 1.35 bits per heavy atom. The quantitative estimate of drug-likeness (QED) is 0.769. The first-order valence-corrected chi connectivity index (χ1v) is 8.99. The Bertz CT molecular complexity index is 433. The van der Waals surface area contributed by atoms with E-state index in [1.54, 1.807) is 0 Å². The first kappa shape index (κ1) is 16.2. The van der Waals surface area contributed by atoms with Crippen molar-refractivity contribution in [2.75, 3.05) is 0 Å². The van der Waals surface area contributed by atoms with Crippen LogP contribution >= 0.6 is 23.4 Å². The van der Waals surface area contributed by atoms with Crippen LogP contribution in [0.1, 0.15) is 52.0 Å². The van der Waals surface area contributed by atoms with E-state index in [0.29, 0.717) is 6.04 Å². The van der Waals surface area contributed by atoms with Crippen LogP contribution in [0.5, 0.6) is 0 Å². The fourth-order valence-corrected chi connectivity index (χ4v) is 4.46. The molecule has 0 aromatic heterocycles. The predicted octanol–water partition coefficient (Wildman–Crippen LogP) is 5.51. The van der Waals surface area contributed by atoms with Gasteiger partial charge in [-0.05, 0) is 36.5 Å². The molecule has 0 saturated heterocycles. The highest BCUT2D eigenvalue weighted by Crippen LogP contribution is 2.39. The molecule has 112 valence electrons. The van der Waals surface area contributed by atoms with Crippen molar-refractivity contribution < 1.29 is 0 Å². The van der Waals surface area contributed by atoms with Gasteiger partial charge in [0, 0.05) is 22.7 Å². The maximum absolute atomic E-state index is 6.45. The van der Waals surface area contributed by atoms with Crippen molar-refractivity contribution in [3.05, 3.63) is 28.8 Å². The van der Waals surface area contributed by atoms with Gasteiger partial charge in [0.25, 0.3) is 0 Å². The number of rotatable bonds is 5. The van der Waals surface area contributed by atoms with Crippen molar-refractivity contribution in [3.8, 4) is 0 Å². The zero-order chi connectivity index (χ0) is 14.5. The molecule has 0 aliphatic heterocycles. The second-order valence-electron chi connectivity index (χ2n) is 6.31. The highest BCUT2D eigenvalue weighted by molar-refractivity contribution is 8.00. The van der Waals surface area contributed by atoms with Gasteiger partial charge in [-0.25, -0.2) is 0 Å². The molecule has 20 heavy (non-hydrogen) atoms. The molecule has 3 heteroatoms. The zero-order valence-electron chi connectivity index (χ0n) is 12.8. The van der Waals surface area contributed by atoms with E-state index in [0.717, 1.165) is 22.7 Å². The molecular formula is C17H26ClNS. The lowest BCUT2D eigenvalue weighted by Gasteiger charge is -2.26. The average molecular weight is 312 g/mol. The topological polar surface area (TPSA) is 12.0 Å². The molecule has 2 rings (SSSR count). The molecule has 0 spiro atoms. The Balaban J connectivity index is 1.95. The number of hydrogen-bond acceptors (Lipinski definition) is 2. The smallest absolute Gasteiger partial charge is 0.0545 e. The van der Waals surface area contributed by atoms with Gasteiger partial charge in [-0.1, -0.05) is 51.3 Å². The third-order valence-corrected chi connectivity index (χ3v) is 5.69. The van der Waals surface area contributed by atoms with E-state index in [2.05, 4.69) is 44.3 Å².